The summed E-state index contributed by atoms with van der Waals surface area (Å²) in [7, 11) is 0. The summed E-state index contributed by atoms with van der Waals surface area (Å²) in [6, 6.07) is 9.65. The van der Waals surface area contributed by atoms with Gasteiger partial charge in [-0.1, -0.05) is 24.4 Å². The number of nitrogens with zero attached hydrogens (tertiary/aromatic N) is 1. The molecule has 1 aromatic heterocycles. The minimum atomic E-state index is 0.595. The third-order valence-electron chi connectivity index (χ3n) is 2.30. The van der Waals surface area contributed by atoms with E-state index in [1.54, 1.807) is 0 Å². The van der Waals surface area contributed by atoms with Gasteiger partial charge in [0, 0.05) is 11.3 Å². The lowest BCUT2D eigenvalue weighted by Crippen LogP contribution is -1.94. The van der Waals surface area contributed by atoms with E-state index in [2.05, 4.69) is 9.97 Å². The second kappa shape index (κ2) is 5.10. The second-order valence-electron chi connectivity index (χ2n) is 3.71. The maximum atomic E-state index is 5.46. The fraction of sp³-hybridized carbons (Fsp3) is 0.231. The number of H-pyrrole nitrogens is 1. The molecule has 0 unspecified atom stereocenters. The zero-order valence-electron chi connectivity index (χ0n) is 9.86. The summed E-state index contributed by atoms with van der Waals surface area (Å²) in [4.78, 5) is 7.51. The first kappa shape index (κ1) is 11.8. The van der Waals surface area contributed by atoms with Crippen molar-refractivity contribution in [2.75, 3.05) is 6.61 Å². The Balaban J connectivity index is 2.45. The number of hydrogen-bond acceptors (Lipinski definition) is 3. The molecule has 1 aromatic carbocycles. The molecule has 0 saturated heterocycles. The van der Waals surface area contributed by atoms with Gasteiger partial charge in [0.15, 0.2) is 0 Å². The van der Waals surface area contributed by atoms with Crippen molar-refractivity contribution in [3.8, 4) is 17.1 Å². The molecule has 2 rings (SSSR count). The highest BCUT2D eigenvalue weighted by atomic mass is 32.1. The zero-order chi connectivity index (χ0) is 12.3. The van der Waals surface area contributed by atoms with E-state index in [-0.39, 0.29) is 0 Å². The number of benzene rings is 1. The van der Waals surface area contributed by atoms with Crippen LogP contribution in [0.25, 0.3) is 11.4 Å². The topological polar surface area (TPSA) is 37.9 Å². The van der Waals surface area contributed by atoms with Gasteiger partial charge in [-0.15, -0.1) is 0 Å². The molecule has 0 saturated carbocycles. The number of aromatic amines is 1. The Morgan fingerprint density at radius 1 is 1.35 bits per heavy atom. The molecule has 17 heavy (non-hydrogen) atoms. The predicted molar refractivity (Wildman–Crippen MR) is 70.8 cm³/mol. The Kier molecular flexibility index (Phi) is 3.54. The monoisotopic (exact) mass is 246 g/mol. The molecule has 0 amide bonds. The third-order valence-corrected chi connectivity index (χ3v) is 2.51. The molecule has 0 spiro atoms. The van der Waals surface area contributed by atoms with E-state index < -0.39 is 0 Å². The maximum absolute atomic E-state index is 5.46. The molecule has 88 valence electrons. The van der Waals surface area contributed by atoms with E-state index in [4.69, 9.17) is 17.0 Å². The Morgan fingerprint density at radius 3 is 2.88 bits per heavy atom. The highest BCUT2D eigenvalue weighted by Gasteiger charge is 2.02. The van der Waals surface area contributed by atoms with Gasteiger partial charge >= 0.3 is 0 Å². The van der Waals surface area contributed by atoms with E-state index in [1.807, 2.05) is 44.2 Å². The second-order valence-corrected chi connectivity index (χ2v) is 4.13. The lowest BCUT2D eigenvalue weighted by atomic mass is 10.2. The van der Waals surface area contributed by atoms with Crippen molar-refractivity contribution in [1.82, 2.24) is 9.97 Å². The predicted octanol–water partition coefficient (Wildman–Crippen LogP) is 3.51. The van der Waals surface area contributed by atoms with Crippen molar-refractivity contribution in [2.24, 2.45) is 0 Å². The van der Waals surface area contributed by atoms with Crippen molar-refractivity contribution < 1.29 is 4.74 Å². The van der Waals surface area contributed by atoms with Crippen LogP contribution in [0, 0.1) is 11.6 Å². The summed E-state index contributed by atoms with van der Waals surface area (Å²) in [6.07, 6.45) is 0. The summed E-state index contributed by atoms with van der Waals surface area (Å²) in [5.41, 5.74) is 1.98. The molecule has 0 radical (unpaired) electrons. The van der Waals surface area contributed by atoms with Crippen molar-refractivity contribution in [2.45, 2.75) is 13.8 Å². The fourth-order valence-corrected chi connectivity index (χ4v) is 1.88. The van der Waals surface area contributed by atoms with Crippen LogP contribution in [0.1, 0.15) is 12.6 Å². The average Bonchev–Trinajstić information content (AvgIpc) is 2.28. The minimum absolute atomic E-state index is 0.595. The van der Waals surface area contributed by atoms with Crippen LogP contribution >= 0.6 is 12.2 Å². The van der Waals surface area contributed by atoms with Crippen molar-refractivity contribution in [3.05, 3.63) is 40.7 Å². The quantitative estimate of drug-likeness (QED) is 0.842. The molecular formula is C13H14N2OS. The number of ether oxygens (including phenoxy) is 1. The highest BCUT2D eigenvalue weighted by molar-refractivity contribution is 7.71. The van der Waals surface area contributed by atoms with E-state index in [0.717, 1.165) is 22.8 Å². The van der Waals surface area contributed by atoms with Crippen LogP contribution in [0.3, 0.4) is 0 Å². The molecule has 0 fully saturated rings. The number of aryl methyl sites for hydroxylation is 1. The fourth-order valence-electron chi connectivity index (χ4n) is 1.62. The number of aromatic nitrogens is 2. The molecule has 3 nitrogen and oxygen atoms in total. The van der Waals surface area contributed by atoms with Gasteiger partial charge < -0.3 is 9.72 Å². The van der Waals surface area contributed by atoms with Gasteiger partial charge in [0.2, 0.25) is 0 Å². The Labute approximate surface area is 105 Å². The van der Waals surface area contributed by atoms with Crippen molar-refractivity contribution in [1.29, 1.82) is 0 Å². The van der Waals surface area contributed by atoms with Crippen molar-refractivity contribution >= 4 is 12.2 Å². The SMILES string of the molecule is CCOc1cccc(-c2nc(=S)cc(C)[nH]2)c1. The average molecular weight is 246 g/mol. The van der Waals surface area contributed by atoms with Crippen molar-refractivity contribution in [3.63, 3.8) is 0 Å². The van der Waals surface area contributed by atoms with E-state index in [1.165, 1.54) is 0 Å². The van der Waals surface area contributed by atoms with Crippen LogP contribution in [0.15, 0.2) is 30.3 Å². The summed E-state index contributed by atoms with van der Waals surface area (Å²) < 4.78 is 6.06. The van der Waals surface area contributed by atoms with E-state index in [0.29, 0.717) is 11.2 Å². The smallest absolute Gasteiger partial charge is 0.139 e. The first-order chi connectivity index (χ1) is 8.19. The minimum Gasteiger partial charge on any atom is -0.494 e. The molecule has 0 aliphatic rings. The molecule has 1 N–H and O–H groups in total. The van der Waals surface area contributed by atoms with Crippen LogP contribution in [-0.4, -0.2) is 16.6 Å². The number of nitrogens with one attached hydrogen (secondary N) is 1. The highest BCUT2D eigenvalue weighted by Crippen LogP contribution is 2.21. The Morgan fingerprint density at radius 2 is 2.18 bits per heavy atom. The molecule has 0 bridgehead atoms. The van der Waals surface area contributed by atoms with Gasteiger partial charge in [0.05, 0.1) is 6.61 Å². The van der Waals surface area contributed by atoms with Gasteiger partial charge in [-0.2, -0.15) is 0 Å². The normalized spacial score (nSPS) is 10.2. The van der Waals surface area contributed by atoms with Gasteiger partial charge in [0.1, 0.15) is 16.2 Å². The van der Waals surface area contributed by atoms with Crippen LogP contribution in [0.4, 0.5) is 0 Å². The molecular weight excluding hydrogens is 232 g/mol. The molecule has 0 aliphatic carbocycles. The number of rotatable bonds is 3. The van der Waals surface area contributed by atoms with E-state index >= 15 is 0 Å². The lowest BCUT2D eigenvalue weighted by Gasteiger charge is -2.06. The summed E-state index contributed by atoms with van der Waals surface area (Å²) >= 11 is 5.11. The van der Waals surface area contributed by atoms with Crippen LogP contribution < -0.4 is 4.74 Å². The van der Waals surface area contributed by atoms with Gasteiger partial charge in [-0.05, 0) is 32.0 Å². The van der Waals surface area contributed by atoms with Crippen LogP contribution in [0.5, 0.6) is 5.75 Å². The summed E-state index contributed by atoms with van der Waals surface area (Å²) in [5.74, 6) is 1.61. The standard InChI is InChI=1S/C13H14N2OS/c1-3-16-11-6-4-5-10(8-11)13-14-9(2)7-12(17)15-13/h4-8H,3H2,1-2H3,(H,14,15,17). The van der Waals surface area contributed by atoms with E-state index in [9.17, 15) is 0 Å². The Hall–Kier alpha value is -1.68. The maximum Gasteiger partial charge on any atom is 0.139 e. The molecule has 1 heterocycles. The van der Waals surface area contributed by atoms with Crippen LogP contribution in [-0.2, 0) is 0 Å². The summed E-state index contributed by atoms with van der Waals surface area (Å²) in [6.45, 7) is 4.58. The summed E-state index contributed by atoms with van der Waals surface area (Å²) in [5, 5.41) is 0. The van der Waals surface area contributed by atoms with Crippen LogP contribution in [0.2, 0.25) is 0 Å². The number of hydrogen-bond donors (Lipinski definition) is 1. The largest absolute Gasteiger partial charge is 0.494 e. The molecule has 0 atom stereocenters. The first-order valence-corrected chi connectivity index (χ1v) is 5.91. The first-order valence-electron chi connectivity index (χ1n) is 5.50. The van der Waals surface area contributed by atoms with Gasteiger partial charge in [-0.3, -0.25) is 0 Å². The zero-order valence-corrected chi connectivity index (χ0v) is 10.7. The van der Waals surface area contributed by atoms with Gasteiger partial charge in [0.25, 0.3) is 0 Å². The molecule has 2 aromatic rings. The van der Waals surface area contributed by atoms with Gasteiger partial charge in [-0.25, -0.2) is 4.98 Å². The Bertz CT molecular complexity index is 578. The molecule has 0 aliphatic heterocycles. The molecule has 4 heteroatoms. The lowest BCUT2D eigenvalue weighted by molar-refractivity contribution is 0.340. The third kappa shape index (κ3) is 2.91.